The van der Waals surface area contributed by atoms with Crippen LogP contribution in [0.1, 0.15) is 75.5 Å². The van der Waals surface area contributed by atoms with Crippen molar-refractivity contribution in [2.24, 2.45) is 0 Å². The fraction of sp³-hybridized carbons (Fsp3) is 0.684. The van der Waals surface area contributed by atoms with Crippen LogP contribution in [-0.4, -0.2) is 28.6 Å². The minimum atomic E-state index is -0.315. The molecule has 0 saturated carbocycles. The molecule has 1 N–H and O–H groups in total. The molecule has 0 bridgehead atoms. The summed E-state index contributed by atoms with van der Waals surface area (Å²) < 4.78 is 0. The molecule has 0 spiro atoms. The molecule has 1 aromatic rings. The van der Waals surface area contributed by atoms with E-state index in [0.29, 0.717) is 18.0 Å². The van der Waals surface area contributed by atoms with E-state index in [1.165, 1.54) is 43.2 Å². The molecule has 1 aromatic carbocycles. The molecule has 1 heterocycles. The van der Waals surface area contributed by atoms with Crippen molar-refractivity contribution in [3.8, 4) is 0 Å². The van der Waals surface area contributed by atoms with Gasteiger partial charge in [-0.1, -0.05) is 51.0 Å². The molecule has 4 atom stereocenters. The minimum absolute atomic E-state index is 0.304. The Hall–Kier alpha value is -0.860. The zero-order chi connectivity index (χ0) is 14.8. The first-order chi connectivity index (χ1) is 10.2. The standard InChI is InChI=1S/C19H29NO/c1-3-15-9-5-4-8-12-20(15)18-13-14(2)16-10-6-7-11-17(16)19(18)21/h6-7,10-11,14-15,18-19,21H,3-5,8-9,12-13H2,1-2H3. The highest BCUT2D eigenvalue weighted by atomic mass is 16.3. The fourth-order valence-electron chi connectivity index (χ4n) is 4.45. The lowest BCUT2D eigenvalue weighted by Gasteiger charge is -2.44. The Kier molecular flexibility index (Phi) is 4.66. The summed E-state index contributed by atoms with van der Waals surface area (Å²) in [5.74, 6) is 0.551. The molecule has 4 unspecified atom stereocenters. The van der Waals surface area contributed by atoms with Crippen molar-refractivity contribution in [2.45, 2.75) is 76.5 Å². The zero-order valence-electron chi connectivity index (χ0n) is 13.5. The van der Waals surface area contributed by atoms with Crippen molar-refractivity contribution >= 4 is 0 Å². The number of aliphatic hydroxyl groups excluding tert-OH is 1. The second-order valence-electron chi connectivity index (χ2n) is 6.93. The van der Waals surface area contributed by atoms with E-state index in [-0.39, 0.29) is 6.10 Å². The average Bonchev–Trinajstić information content (AvgIpc) is 2.76. The van der Waals surface area contributed by atoms with Crippen LogP contribution in [0.4, 0.5) is 0 Å². The molecule has 0 aromatic heterocycles. The summed E-state index contributed by atoms with van der Waals surface area (Å²) >= 11 is 0. The van der Waals surface area contributed by atoms with Crippen molar-refractivity contribution in [2.75, 3.05) is 6.54 Å². The zero-order valence-corrected chi connectivity index (χ0v) is 13.5. The molecule has 1 aliphatic heterocycles. The van der Waals surface area contributed by atoms with E-state index in [1.807, 2.05) is 0 Å². The third-order valence-corrected chi connectivity index (χ3v) is 5.62. The maximum Gasteiger partial charge on any atom is 0.0948 e. The minimum Gasteiger partial charge on any atom is -0.387 e. The van der Waals surface area contributed by atoms with Crippen LogP contribution in [0.3, 0.4) is 0 Å². The lowest BCUT2D eigenvalue weighted by Crippen LogP contribution is -2.48. The van der Waals surface area contributed by atoms with Crippen LogP contribution >= 0.6 is 0 Å². The van der Waals surface area contributed by atoms with E-state index < -0.39 is 0 Å². The first-order valence-corrected chi connectivity index (χ1v) is 8.75. The van der Waals surface area contributed by atoms with Gasteiger partial charge in [0.1, 0.15) is 0 Å². The number of benzene rings is 1. The van der Waals surface area contributed by atoms with Gasteiger partial charge in [-0.05, 0) is 49.3 Å². The van der Waals surface area contributed by atoms with Gasteiger partial charge in [-0.3, -0.25) is 4.90 Å². The maximum atomic E-state index is 11.0. The molecule has 116 valence electrons. The SMILES string of the molecule is CCC1CCCCCN1C1CC(C)c2ccccc2C1O. The molecule has 1 saturated heterocycles. The van der Waals surface area contributed by atoms with Crippen LogP contribution in [0.15, 0.2) is 24.3 Å². The molecule has 21 heavy (non-hydrogen) atoms. The highest BCUT2D eigenvalue weighted by Gasteiger charge is 2.37. The first kappa shape index (κ1) is 15.1. The third-order valence-electron chi connectivity index (χ3n) is 5.62. The first-order valence-electron chi connectivity index (χ1n) is 8.75. The van der Waals surface area contributed by atoms with Gasteiger partial charge in [-0.2, -0.15) is 0 Å². The van der Waals surface area contributed by atoms with Gasteiger partial charge in [0.25, 0.3) is 0 Å². The van der Waals surface area contributed by atoms with Gasteiger partial charge >= 0.3 is 0 Å². The van der Waals surface area contributed by atoms with E-state index >= 15 is 0 Å². The number of likely N-dealkylation sites (tertiary alicyclic amines) is 1. The quantitative estimate of drug-likeness (QED) is 0.879. The molecule has 2 heteroatoms. The third kappa shape index (κ3) is 2.89. The van der Waals surface area contributed by atoms with Gasteiger partial charge in [0.15, 0.2) is 0 Å². The molecular formula is C19H29NO. The number of hydrogen-bond donors (Lipinski definition) is 1. The summed E-state index contributed by atoms with van der Waals surface area (Å²) in [4.78, 5) is 2.64. The molecule has 3 rings (SSSR count). The fourth-order valence-corrected chi connectivity index (χ4v) is 4.45. The van der Waals surface area contributed by atoms with Crippen LogP contribution in [0, 0.1) is 0 Å². The molecule has 2 aliphatic rings. The van der Waals surface area contributed by atoms with Gasteiger partial charge in [0.05, 0.1) is 6.10 Å². The Morgan fingerprint density at radius 3 is 2.67 bits per heavy atom. The second kappa shape index (κ2) is 6.50. The topological polar surface area (TPSA) is 23.5 Å². The van der Waals surface area contributed by atoms with Crippen molar-refractivity contribution in [1.29, 1.82) is 0 Å². The lowest BCUT2D eigenvalue weighted by atomic mass is 9.78. The van der Waals surface area contributed by atoms with Crippen LogP contribution < -0.4 is 0 Å². The van der Waals surface area contributed by atoms with Gasteiger partial charge in [-0.25, -0.2) is 0 Å². The summed E-state index contributed by atoms with van der Waals surface area (Å²) in [6.07, 6.45) is 7.27. The van der Waals surface area contributed by atoms with Crippen LogP contribution in [0.25, 0.3) is 0 Å². The molecular weight excluding hydrogens is 258 g/mol. The predicted octanol–water partition coefficient (Wildman–Crippen LogP) is 4.25. The summed E-state index contributed by atoms with van der Waals surface area (Å²) in [7, 11) is 0. The summed E-state index contributed by atoms with van der Waals surface area (Å²) in [6, 6.07) is 9.45. The molecule has 1 aliphatic carbocycles. The van der Waals surface area contributed by atoms with Gasteiger partial charge in [-0.15, -0.1) is 0 Å². The van der Waals surface area contributed by atoms with E-state index in [4.69, 9.17) is 0 Å². The Labute approximate surface area is 129 Å². The summed E-state index contributed by atoms with van der Waals surface area (Å²) in [5, 5.41) is 11.0. The summed E-state index contributed by atoms with van der Waals surface area (Å²) in [6.45, 7) is 5.78. The molecule has 0 radical (unpaired) electrons. The van der Waals surface area contributed by atoms with Gasteiger partial charge in [0.2, 0.25) is 0 Å². The highest BCUT2D eigenvalue weighted by molar-refractivity contribution is 5.35. The molecule has 0 amide bonds. The Bertz CT molecular complexity index is 472. The Balaban J connectivity index is 1.88. The van der Waals surface area contributed by atoms with E-state index in [9.17, 15) is 5.11 Å². The largest absolute Gasteiger partial charge is 0.387 e. The van der Waals surface area contributed by atoms with Crippen molar-refractivity contribution < 1.29 is 5.11 Å². The van der Waals surface area contributed by atoms with Crippen molar-refractivity contribution in [1.82, 2.24) is 4.90 Å². The highest BCUT2D eigenvalue weighted by Crippen LogP contribution is 2.41. The number of hydrogen-bond acceptors (Lipinski definition) is 2. The molecule has 1 fully saturated rings. The maximum absolute atomic E-state index is 11.0. The van der Waals surface area contributed by atoms with E-state index in [1.54, 1.807) is 0 Å². The number of fused-ring (bicyclic) bond motifs is 1. The van der Waals surface area contributed by atoms with E-state index in [2.05, 4.69) is 43.0 Å². The van der Waals surface area contributed by atoms with Crippen molar-refractivity contribution in [3.63, 3.8) is 0 Å². The number of nitrogens with zero attached hydrogens (tertiary/aromatic N) is 1. The van der Waals surface area contributed by atoms with Crippen LogP contribution in [-0.2, 0) is 0 Å². The van der Waals surface area contributed by atoms with E-state index in [0.717, 1.165) is 13.0 Å². The average molecular weight is 287 g/mol. The smallest absolute Gasteiger partial charge is 0.0948 e. The number of rotatable bonds is 2. The van der Waals surface area contributed by atoms with Crippen LogP contribution in [0.5, 0.6) is 0 Å². The molecule has 2 nitrogen and oxygen atoms in total. The predicted molar refractivity (Wildman–Crippen MR) is 87.5 cm³/mol. The van der Waals surface area contributed by atoms with Crippen molar-refractivity contribution in [3.05, 3.63) is 35.4 Å². The van der Waals surface area contributed by atoms with Gasteiger partial charge in [0, 0.05) is 12.1 Å². The van der Waals surface area contributed by atoms with Crippen LogP contribution in [0.2, 0.25) is 0 Å². The lowest BCUT2D eigenvalue weighted by molar-refractivity contribution is 0.00756. The Morgan fingerprint density at radius 2 is 1.90 bits per heavy atom. The monoisotopic (exact) mass is 287 g/mol. The normalized spacial score (nSPS) is 34.2. The van der Waals surface area contributed by atoms with Gasteiger partial charge < -0.3 is 5.11 Å². The Morgan fingerprint density at radius 1 is 1.14 bits per heavy atom. The summed E-state index contributed by atoms with van der Waals surface area (Å²) in [5.41, 5.74) is 2.52. The number of aliphatic hydroxyl groups is 1. The second-order valence-corrected chi connectivity index (χ2v) is 6.93.